The van der Waals surface area contributed by atoms with Crippen molar-refractivity contribution in [1.82, 2.24) is 4.90 Å². The molecule has 2 aromatic carbocycles. The maximum Gasteiger partial charge on any atom is 0.311 e. The Hall–Kier alpha value is -2.96. The number of rotatable bonds is 1. The lowest BCUT2D eigenvalue weighted by molar-refractivity contribution is -0.138. The second-order valence-electron chi connectivity index (χ2n) is 12.6. The molecule has 5 atom stereocenters. The third-order valence-electron chi connectivity index (χ3n) is 10.1. The molecule has 0 unspecified atom stereocenters. The molecule has 2 heterocycles. The summed E-state index contributed by atoms with van der Waals surface area (Å²) in [5.41, 5.74) is 4.92. The number of aliphatic hydroxyl groups excluding tert-OH is 1. The number of halogens is 1. The van der Waals surface area contributed by atoms with Crippen molar-refractivity contribution in [2.75, 3.05) is 38.2 Å². The van der Waals surface area contributed by atoms with Crippen LogP contribution in [0.4, 0.5) is 5.69 Å². The smallest absolute Gasteiger partial charge is 0.311 e. The van der Waals surface area contributed by atoms with E-state index in [1.54, 1.807) is 0 Å². The number of carboxylic acid groups (broad SMARTS) is 1. The van der Waals surface area contributed by atoms with Crippen molar-refractivity contribution in [3.8, 4) is 5.75 Å². The van der Waals surface area contributed by atoms with E-state index >= 15 is 0 Å². The fourth-order valence-electron chi connectivity index (χ4n) is 7.45. The van der Waals surface area contributed by atoms with Crippen molar-refractivity contribution in [3.63, 3.8) is 0 Å². The molecule has 218 valence electrons. The molecule has 0 radical (unpaired) electrons. The van der Waals surface area contributed by atoms with Gasteiger partial charge in [-0.25, -0.2) is 0 Å². The first-order valence-electron chi connectivity index (χ1n) is 15.0. The summed E-state index contributed by atoms with van der Waals surface area (Å²) >= 11 is 6.41. The van der Waals surface area contributed by atoms with Gasteiger partial charge < -0.3 is 24.7 Å². The SMILES string of the molecule is C=C1C[C@@H](C(=O)O)c2ccc3c(c2)N(C[C@@H]2CC[C@H]2[C@@H](O)/C=C/CCN1C)C[C@@]1(CCCc2cc(Cl)ccc21)CO3. The molecule has 1 saturated carbocycles. The van der Waals surface area contributed by atoms with Gasteiger partial charge in [0.1, 0.15) is 5.75 Å². The van der Waals surface area contributed by atoms with Crippen LogP contribution in [0.2, 0.25) is 5.02 Å². The Morgan fingerprint density at radius 2 is 2.05 bits per heavy atom. The van der Waals surface area contributed by atoms with Crippen molar-refractivity contribution in [2.45, 2.75) is 62.4 Å². The van der Waals surface area contributed by atoms with Crippen LogP contribution in [0.25, 0.3) is 0 Å². The summed E-state index contributed by atoms with van der Waals surface area (Å²) in [7, 11) is 1.96. The number of benzene rings is 2. The lowest BCUT2D eigenvalue weighted by atomic mass is 9.68. The van der Waals surface area contributed by atoms with Crippen molar-refractivity contribution < 1.29 is 19.7 Å². The summed E-state index contributed by atoms with van der Waals surface area (Å²) in [6.45, 7) is 7.09. The highest BCUT2D eigenvalue weighted by Gasteiger charge is 2.44. The highest BCUT2D eigenvalue weighted by atomic mass is 35.5. The Labute approximate surface area is 248 Å². The number of carbonyl (C=O) groups is 1. The van der Waals surface area contributed by atoms with Gasteiger partial charge >= 0.3 is 5.97 Å². The van der Waals surface area contributed by atoms with E-state index in [1.807, 2.05) is 42.3 Å². The van der Waals surface area contributed by atoms with Crippen LogP contribution in [0, 0.1) is 11.8 Å². The van der Waals surface area contributed by atoms with E-state index in [-0.39, 0.29) is 11.3 Å². The van der Waals surface area contributed by atoms with Gasteiger partial charge in [0.15, 0.2) is 0 Å². The Balaban J connectivity index is 1.43. The first-order chi connectivity index (χ1) is 19.7. The average molecular weight is 577 g/mol. The second-order valence-corrected chi connectivity index (χ2v) is 13.1. The zero-order valence-electron chi connectivity index (χ0n) is 23.9. The summed E-state index contributed by atoms with van der Waals surface area (Å²) in [5.74, 6) is -0.195. The Kier molecular flexibility index (Phi) is 7.82. The lowest BCUT2D eigenvalue weighted by Crippen LogP contribution is -2.49. The first-order valence-corrected chi connectivity index (χ1v) is 15.4. The number of allylic oxidation sites excluding steroid dienone is 1. The molecule has 2 aromatic rings. The van der Waals surface area contributed by atoms with E-state index in [4.69, 9.17) is 16.3 Å². The van der Waals surface area contributed by atoms with Crippen molar-refractivity contribution in [1.29, 1.82) is 0 Å². The molecule has 1 spiro atoms. The van der Waals surface area contributed by atoms with Crippen molar-refractivity contribution >= 4 is 23.3 Å². The molecule has 7 heteroatoms. The fraction of sp³-hybridized carbons (Fsp3) is 0.500. The van der Waals surface area contributed by atoms with E-state index in [0.717, 1.165) is 85.9 Å². The second kappa shape index (κ2) is 11.4. The summed E-state index contributed by atoms with van der Waals surface area (Å²) in [5, 5.41) is 22.2. The van der Waals surface area contributed by atoms with E-state index in [9.17, 15) is 15.0 Å². The maximum absolute atomic E-state index is 12.6. The molecule has 6 nitrogen and oxygen atoms in total. The number of carboxylic acids is 1. The molecule has 2 aliphatic heterocycles. The largest absolute Gasteiger partial charge is 0.490 e. The molecule has 0 aromatic heterocycles. The molecule has 2 aliphatic carbocycles. The summed E-state index contributed by atoms with van der Waals surface area (Å²) < 4.78 is 6.62. The van der Waals surface area contributed by atoms with Gasteiger partial charge in [0.05, 0.1) is 24.3 Å². The number of aliphatic carboxylic acids is 1. The molecular weight excluding hydrogens is 536 g/mol. The Morgan fingerprint density at radius 1 is 1.20 bits per heavy atom. The quantitative estimate of drug-likeness (QED) is 0.396. The molecule has 4 aliphatic rings. The predicted octanol–water partition coefficient (Wildman–Crippen LogP) is 6.16. The number of hydrogen-bond donors (Lipinski definition) is 2. The van der Waals surface area contributed by atoms with Gasteiger partial charge in [0, 0.05) is 49.2 Å². The van der Waals surface area contributed by atoms with Crippen LogP contribution in [0.1, 0.15) is 61.1 Å². The third kappa shape index (κ3) is 5.49. The lowest BCUT2D eigenvalue weighted by Gasteiger charge is -2.45. The van der Waals surface area contributed by atoms with Gasteiger partial charge in [0.2, 0.25) is 0 Å². The van der Waals surface area contributed by atoms with Gasteiger partial charge in [-0.15, -0.1) is 0 Å². The number of aryl methyl sites for hydroxylation is 1. The molecule has 2 N–H and O–H groups in total. The van der Waals surface area contributed by atoms with Crippen molar-refractivity contribution in [2.24, 2.45) is 11.8 Å². The number of nitrogens with zero attached hydrogens (tertiary/aromatic N) is 2. The molecule has 2 bridgehead atoms. The molecule has 0 amide bonds. The Bertz CT molecular complexity index is 1360. The molecule has 1 fully saturated rings. The minimum Gasteiger partial charge on any atom is -0.490 e. The zero-order chi connectivity index (χ0) is 28.7. The van der Waals surface area contributed by atoms with Crippen LogP contribution >= 0.6 is 11.6 Å². The third-order valence-corrected chi connectivity index (χ3v) is 10.3. The monoisotopic (exact) mass is 576 g/mol. The predicted molar refractivity (Wildman–Crippen MR) is 163 cm³/mol. The van der Waals surface area contributed by atoms with Gasteiger partial charge in [0.25, 0.3) is 0 Å². The van der Waals surface area contributed by atoms with Crippen LogP contribution < -0.4 is 9.64 Å². The average Bonchev–Trinajstić information content (AvgIpc) is 3.08. The summed E-state index contributed by atoms with van der Waals surface area (Å²) in [4.78, 5) is 17.0. The first kappa shape index (κ1) is 28.2. The van der Waals surface area contributed by atoms with Crippen molar-refractivity contribution in [3.05, 3.63) is 82.5 Å². The van der Waals surface area contributed by atoms with Crippen LogP contribution in [0.5, 0.6) is 5.75 Å². The zero-order valence-corrected chi connectivity index (χ0v) is 24.7. The van der Waals surface area contributed by atoms with E-state index < -0.39 is 18.0 Å². The molecule has 41 heavy (non-hydrogen) atoms. The van der Waals surface area contributed by atoms with Gasteiger partial charge in [-0.05, 0) is 91.3 Å². The normalized spacial score (nSPS) is 30.9. The number of aliphatic hydroxyl groups is 1. The summed E-state index contributed by atoms with van der Waals surface area (Å²) in [6, 6.07) is 12.2. The highest BCUT2D eigenvalue weighted by molar-refractivity contribution is 6.30. The number of hydrogen-bond acceptors (Lipinski definition) is 5. The van der Waals surface area contributed by atoms with Gasteiger partial charge in [-0.2, -0.15) is 0 Å². The number of fused-ring (bicyclic) bond motifs is 4. The standard InChI is InChI=1S/C34H41ClN2O4/c1-22-16-28(33(39)40)23-9-13-32-30(18-23)37(19-25-8-11-27(25)31(38)7-3-4-15-36(22)2)20-34(21-41-32)14-5-6-24-17-26(35)10-12-29(24)34/h3,7,9-10,12-13,17-18,25,27-28,31,38H,1,4-6,8,11,14-16,19-21H2,2H3,(H,39,40)/b7-3+/t25-,27+,28+,31-,34-/m0/s1. The van der Waals surface area contributed by atoms with E-state index in [0.29, 0.717) is 18.9 Å². The topological polar surface area (TPSA) is 73.2 Å². The maximum atomic E-state index is 12.6. The fourth-order valence-corrected chi connectivity index (χ4v) is 7.64. The number of ether oxygens (including phenoxy) is 1. The van der Waals surface area contributed by atoms with Gasteiger partial charge in [-0.3, -0.25) is 4.79 Å². The molecule has 0 saturated heterocycles. The van der Waals surface area contributed by atoms with Crippen LogP contribution in [0.15, 0.2) is 60.8 Å². The molecular formula is C34H41ClN2O4. The van der Waals surface area contributed by atoms with Crippen LogP contribution in [0.3, 0.4) is 0 Å². The number of anilines is 1. The van der Waals surface area contributed by atoms with Gasteiger partial charge in [-0.1, -0.05) is 42.5 Å². The van der Waals surface area contributed by atoms with Crippen LogP contribution in [-0.2, 0) is 16.6 Å². The van der Waals surface area contributed by atoms with E-state index in [2.05, 4.69) is 29.7 Å². The minimum atomic E-state index is -0.849. The molecule has 6 rings (SSSR count). The minimum absolute atomic E-state index is 0.195. The highest BCUT2D eigenvalue weighted by Crippen LogP contribution is 2.47. The Morgan fingerprint density at radius 3 is 2.83 bits per heavy atom. The van der Waals surface area contributed by atoms with E-state index in [1.165, 1.54) is 11.1 Å². The summed E-state index contributed by atoms with van der Waals surface area (Å²) in [6.07, 6.45) is 9.84. The van der Waals surface area contributed by atoms with Crippen LogP contribution in [-0.4, -0.2) is 60.5 Å².